The number of hydrogen-bond acceptors (Lipinski definition) is 3. The van der Waals surface area contributed by atoms with Gasteiger partial charge in [-0.2, -0.15) is 0 Å². The lowest BCUT2D eigenvalue weighted by Crippen LogP contribution is -2.28. The Morgan fingerprint density at radius 2 is 1.80 bits per heavy atom. The summed E-state index contributed by atoms with van der Waals surface area (Å²) in [6, 6.07) is 11.4. The summed E-state index contributed by atoms with van der Waals surface area (Å²) < 4.78 is 5.27. The van der Waals surface area contributed by atoms with Crippen LogP contribution >= 0.6 is 0 Å². The summed E-state index contributed by atoms with van der Waals surface area (Å²) in [5, 5.41) is 0. The highest BCUT2D eigenvalue weighted by molar-refractivity contribution is 5.94. The standard InChI is InChI=1S/C16H20N2O2/c1-17(2)14-8-6-13(7-9-14)16(19)18(3)11-10-15-5-4-12-20-15/h4-9,12H,10-11H2,1-3H3. The van der Waals surface area contributed by atoms with Crippen LogP contribution in [0.2, 0.25) is 0 Å². The number of carbonyl (C=O) groups excluding carboxylic acids is 1. The topological polar surface area (TPSA) is 36.7 Å². The fraction of sp³-hybridized carbons (Fsp3) is 0.312. The molecule has 2 aromatic rings. The molecule has 0 unspecified atom stereocenters. The summed E-state index contributed by atoms with van der Waals surface area (Å²) in [4.78, 5) is 16.0. The molecular weight excluding hydrogens is 252 g/mol. The SMILES string of the molecule is CN(CCc1ccco1)C(=O)c1ccc(N(C)C)cc1. The zero-order valence-corrected chi connectivity index (χ0v) is 12.2. The molecule has 0 fully saturated rings. The number of carbonyl (C=O) groups is 1. The molecule has 4 heteroatoms. The minimum atomic E-state index is 0.0295. The number of furan rings is 1. The highest BCUT2D eigenvalue weighted by Gasteiger charge is 2.12. The first-order valence-electron chi connectivity index (χ1n) is 6.63. The van der Waals surface area contributed by atoms with E-state index in [-0.39, 0.29) is 5.91 Å². The largest absolute Gasteiger partial charge is 0.469 e. The average molecular weight is 272 g/mol. The van der Waals surface area contributed by atoms with Crippen LogP contribution in [0.25, 0.3) is 0 Å². The monoisotopic (exact) mass is 272 g/mol. The summed E-state index contributed by atoms with van der Waals surface area (Å²) in [5.74, 6) is 0.925. The number of rotatable bonds is 5. The lowest BCUT2D eigenvalue weighted by atomic mass is 10.1. The summed E-state index contributed by atoms with van der Waals surface area (Å²) in [5.41, 5.74) is 1.79. The lowest BCUT2D eigenvalue weighted by molar-refractivity contribution is 0.0795. The molecule has 0 N–H and O–H groups in total. The highest BCUT2D eigenvalue weighted by Crippen LogP contribution is 2.13. The second-order valence-corrected chi connectivity index (χ2v) is 5.00. The molecule has 2 rings (SSSR count). The predicted molar refractivity (Wildman–Crippen MR) is 80.1 cm³/mol. The van der Waals surface area contributed by atoms with Gasteiger partial charge >= 0.3 is 0 Å². The van der Waals surface area contributed by atoms with E-state index in [9.17, 15) is 4.79 Å². The minimum absolute atomic E-state index is 0.0295. The molecule has 4 nitrogen and oxygen atoms in total. The zero-order chi connectivity index (χ0) is 14.5. The third-order valence-corrected chi connectivity index (χ3v) is 3.25. The average Bonchev–Trinajstić information content (AvgIpc) is 2.97. The quantitative estimate of drug-likeness (QED) is 0.839. The van der Waals surface area contributed by atoms with E-state index in [0.717, 1.165) is 17.9 Å². The van der Waals surface area contributed by atoms with Crippen LogP contribution in [-0.4, -0.2) is 38.5 Å². The van der Waals surface area contributed by atoms with Crippen molar-refractivity contribution in [3.63, 3.8) is 0 Å². The van der Waals surface area contributed by atoms with E-state index < -0.39 is 0 Å². The van der Waals surface area contributed by atoms with E-state index in [2.05, 4.69) is 0 Å². The molecule has 106 valence electrons. The Balaban J connectivity index is 1.95. The maximum absolute atomic E-state index is 12.3. The number of nitrogens with zero attached hydrogens (tertiary/aromatic N) is 2. The van der Waals surface area contributed by atoms with E-state index in [0.29, 0.717) is 12.1 Å². The van der Waals surface area contributed by atoms with Gasteiger partial charge in [0.05, 0.1) is 6.26 Å². The van der Waals surface area contributed by atoms with Crippen molar-refractivity contribution >= 4 is 11.6 Å². The van der Waals surface area contributed by atoms with Crippen LogP contribution in [0.15, 0.2) is 47.1 Å². The molecule has 0 bridgehead atoms. The van der Waals surface area contributed by atoms with Crippen LogP contribution in [-0.2, 0) is 6.42 Å². The van der Waals surface area contributed by atoms with Gasteiger partial charge in [-0.15, -0.1) is 0 Å². The predicted octanol–water partition coefficient (Wildman–Crippen LogP) is 2.66. The van der Waals surface area contributed by atoms with Gasteiger partial charge in [-0.05, 0) is 36.4 Å². The van der Waals surface area contributed by atoms with Gasteiger partial charge in [0.15, 0.2) is 0 Å². The van der Waals surface area contributed by atoms with Gasteiger partial charge in [-0.25, -0.2) is 0 Å². The maximum Gasteiger partial charge on any atom is 0.253 e. The van der Waals surface area contributed by atoms with Gasteiger partial charge in [0, 0.05) is 45.4 Å². The third-order valence-electron chi connectivity index (χ3n) is 3.25. The molecule has 0 radical (unpaired) electrons. The second-order valence-electron chi connectivity index (χ2n) is 5.00. The Bertz CT molecular complexity index is 544. The van der Waals surface area contributed by atoms with Crippen LogP contribution in [0, 0.1) is 0 Å². The Morgan fingerprint density at radius 1 is 1.10 bits per heavy atom. The molecule has 1 amide bonds. The van der Waals surface area contributed by atoms with E-state index in [1.165, 1.54) is 0 Å². The number of benzene rings is 1. The van der Waals surface area contributed by atoms with Gasteiger partial charge in [0.25, 0.3) is 5.91 Å². The van der Waals surface area contributed by atoms with E-state index in [4.69, 9.17) is 4.42 Å². The van der Waals surface area contributed by atoms with Gasteiger partial charge in [0.2, 0.25) is 0 Å². The first kappa shape index (κ1) is 14.2. The second kappa shape index (κ2) is 6.28. The van der Waals surface area contributed by atoms with Crippen molar-refractivity contribution in [3.8, 4) is 0 Å². The Labute approximate surface area is 119 Å². The molecule has 0 saturated heterocycles. The van der Waals surface area contributed by atoms with Gasteiger partial charge in [0.1, 0.15) is 5.76 Å². The molecule has 1 aromatic carbocycles. The maximum atomic E-state index is 12.3. The third kappa shape index (κ3) is 3.41. The summed E-state index contributed by atoms with van der Waals surface area (Å²) in [6.07, 6.45) is 2.38. The molecule has 0 aliphatic heterocycles. The van der Waals surface area contributed by atoms with Crippen LogP contribution in [0.5, 0.6) is 0 Å². The van der Waals surface area contributed by atoms with E-state index >= 15 is 0 Å². The van der Waals surface area contributed by atoms with Crippen LogP contribution in [0.1, 0.15) is 16.1 Å². The Kier molecular flexibility index (Phi) is 4.45. The first-order chi connectivity index (χ1) is 9.58. The van der Waals surface area contributed by atoms with Gasteiger partial charge in [-0.1, -0.05) is 0 Å². The molecule has 0 saturated carbocycles. The molecule has 0 aliphatic rings. The molecular formula is C16H20N2O2. The summed E-state index contributed by atoms with van der Waals surface area (Å²) in [7, 11) is 5.77. The normalized spacial score (nSPS) is 10.3. The first-order valence-corrected chi connectivity index (χ1v) is 6.63. The number of amides is 1. The lowest BCUT2D eigenvalue weighted by Gasteiger charge is -2.17. The zero-order valence-electron chi connectivity index (χ0n) is 12.2. The molecule has 0 aliphatic carbocycles. The van der Waals surface area contributed by atoms with Crippen molar-refractivity contribution in [3.05, 3.63) is 54.0 Å². The van der Waals surface area contributed by atoms with E-state index in [1.54, 1.807) is 11.2 Å². The fourth-order valence-electron chi connectivity index (χ4n) is 1.96. The van der Waals surface area contributed by atoms with Crippen molar-refractivity contribution in [2.24, 2.45) is 0 Å². The summed E-state index contributed by atoms with van der Waals surface area (Å²) in [6.45, 7) is 0.641. The molecule has 1 heterocycles. The highest BCUT2D eigenvalue weighted by atomic mass is 16.3. The molecule has 1 aromatic heterocycles. The number of anilines is 1. The molecule has 20 heavy (non-hydrogen) atoms. The number of hydrogen-bond donors (Lipinski definition) is 0. The van der Waals surface area contributed by atoms with Crippen molar-refractivity contribution in [1.82, 2.24) is 4.90 Å². The van der Waals surface area contributed by atoms with Crippen LogP contribution in [0.4, 0.5) is 5.69 Å². The van der Waals surface area contributed by atoms with Crippen LogP contribution in [0.3, 0.4) is 0 Å². The Hall–Kier alpha value is -2.23. The minimum Gasteiger partial charge on any atom is -0.469 e. The summed E-state index contributed by atoms with van der Waals surface area (Å²) >= 11 is 0. The van der Waals surface area contributed by atoms with Crippen LogP contribution < -0.4 is 4.90 Å². The smallest absolute Gasteiger partial charge is 0.253 e. The van der Waals surface area contributed by atoms with Gasteiger partial charge in [-0.3, -0.25) is 4.79 Å². The molecule has 0 spiro atoms. The Morgan fingerprint density at radius 3 is 2.35 bits per heavy atom. The van der Waals surface area contributed by atoms with Crippen molar-refractivity contribution in [2.75, 3.05) is 32.6 Å². The van der Waals surface area contributed by atoms with Crippen molar-refractivity contribution in [1.29, 1.82) is 0 Å². The van der Waals surface area contributed by atoms with E-state index in [1.807, 2.05) is 62.4 Å². The van der Waals surface area contributed by atoms with Crippen molar-refractivity contribution in [2.45, 2.75) is 6.42 Å². The van der Waals surface area contributed by atoms with Gasteiger partial charge < -0.3 is 14.2 Å². The van der Waals surface area contributed by atoms with Crippen molar-refractivity contribution < 1.29 is 9.21 Å². The molecule has 0 atom stereocenters. The number of likely N-dealkylation sites (N-methyl/N-ethyl adjacent to an activating group) is 1. The fourth-order valence-corrected chi connectivity index (χ4v) is 1.96.